The lowest BCUT2D eigenvalue weighted by atomic mass is 10.1. The van der Waals surface area contributed by atoms with Crippen molar-refractivity contribution in [2.24, 2.45) is 5.16 Å². The van der Waals surface area contributed by atoms with Crippen molar-refractivity contribution in [3.8, 4) is 5.75 Å². The number of hydrogen-bond acceptors (Lipinski definition) is 5. The first-order valence-electron chi connectivity index (χ1n) is 10.8. The second-order valence-electron chi connectivity index (χ2n) is 7.94. The van der Waals surface area contributed by atoms with Gasteiger partial charge in [0.25, 0.3) is 5.91 Å². The van der Waals surface area contributed by atoms with Gasteiger partial charge in [-0.1, -0.05) is 35.5 Å². The third kappa shape index (κ3) is 4.43. The minimum Gasteiger partial charge on any atom is -0.497 e. The fourth-order valence-corrected chi connectivity index (χ4v) is 4.07. The number of benzene rings is 2. The third-order valence-electron chi connectivity index (χ3n) is 5.75. The zero-order valence-electron chi connectivity index (χ0n) is 18.3. The van der Waals surface area contributed by atoms with Gasteiger partial charge >= 0.3 is 0 Å². The zero-order valence-corrected chi connectivity index (χ0v) is 18.3. The van der Waals surface area contributed by atoms with Gasteiger partial charge in [0.2, 0.25) is 0 Å². The number of aromatic nitrogens is 2. The molecule has 1 aliphatic rings. The molecule has 0 radical (unpaired) electrons. The highest BCUT2D eigenvalue weighted by atomic mass is 16.6. The molecule has 0 saturated carbocycles. The van der Waals surface area contributed by atoms with E-state index in [1.165, 1.54) is 0 Å². The van der Waals surface area contributed by atoms with Crippen LogP contribution < -0.4 is 10.1 Å². The summed E-state index contributed by atoms with van der Waals surface area (Å²) in [6.07, 6.45) is 3.90. The highest BCUT2D eigenvalue weighted by Gasteiger charge is 2.24. The molecule has 1 N–H and O–H groups in total. The van der Waals surface area contributed by atoms with Gasteiger partial charge in [0.05, 0.1) is 19.4 Å². The molecule has 3 heterocycles. The van der Waals surface area contributed by atoms with E-state index in [0.717, 1.165) is 33.5 Å². The molecule has 0 aliphatic carbocycles. The lowest BCUT2D eigenvalue weighted by Gasteiger charge is -2.13. The number of pyridine rings is 1. The van der Waals surface area contributed by atoms with Crippen LogP contribution in [0.2, 0.25) is 0 Å². The molecule has 5 rings (SSSR count). The number of ether oxygens (including phenoxy) is 1. The molecule has 0 saturated heterocycles. The van der Waals surface area contributed by atoms with Crippen LogP contribution in [0.5, 0.6) is 5.75 Å². The molecular weight excluding hydrogens is 416 g/mol. The largest absolute Gasteiger partial charge is 0.497 e. The van der Waals surface area contributed by atoms with E-state index in [1.807, 2.05) is 71.3 Å². The Balaban J connectivity index is 1.32. The van der Waals surface area contributed by atoms with Gasteiger partial charge in [-0.05, 0) is 42.0 Å². The normalized spacial score (nSPS) is 15.2. The number of rotatable bonds is 7. The summed E-state index contributed by atoms with van der Waals surface area (Å²) in [6.45, 7) is 0.931. The van der Waals surface area contributed by atoms with E-state index in [9.17, 15) is 4.79 Å². The van der Waals surface area contributed by atoms with E-state index in [1.54, 1.807) is 19.5 Å². The molecule has 0 spiro atoms. The number of fused-ring (bicyclic) bond motifs is 1. The Labute approximate surface area is 191 Å². The molecule has 7 nitrogen and oxygen atoms in total. The van der Waals surface area contributed by atoms with Crippen LogP contribution in [0, 0.1) is 0 Å². The Morgan fingerprint density at radius 1 is 1.12 bits per heavy atom. The van der Waals surface area contributed by atoms with Crippen molar-refractivity contribution in [2.75, 3.05) is 13.7 Å². The van der Waals surface area contributed by atoms with E-state index in [4.69, 9.17) is 9.57 Å². The number of methoxy groups -OCH3 is 1. The summed E-state index contributed by atoms with van der Waals surface area (Å²) >= 11 is 0. The number of amides is 1. The minimum absolute atomic E-state index is 0.143. The van der Waals surface area contributed by atoms with Crippen molar-refractivity contribution in [2.45, 2.75) is 19.1 Å². The van der Waals surface area contributed by atoms with E-state index >= 15 is 0 Å². The molecule has 4 aromatic rings. The van der Waals surface area contributed by atoms with Gasteiger partial charge in [-0.2, -0.15) is 0 Å². The average Bonchev–Trinajstić information content (AvgIpc) is 3.49. The number of para-hydroxylation sites is 1. The Morgan fingerprint density at radius 3 is 2.82 bits per heavy atom. The maximum Gasteiger partial charge on any atom is 0.268 e. The highest BCUT2D eigenvalue weighted by Crippen LogP contribution is 2.23. The second-order valence-corrected chi connectivity index (χ2v) is 7.94. The minimum atomic E-state index is -0.201. The van der Waals surface area contributed by atoms with Gasteiger partial charge in [-0.3, -0.25) is 9.78 Å². The number of carbonyl (C=O) groups excluding carboxylic acids is 1. The second kappa shape index (κ2) is 9.16. The Hall–Kier alpha value is -4.13. The summed E-state index contributed by atoms with van der Waals surface area (Å²) in [5.74, 6) is 0.647. The quantitative estimate of drug-likeness (QED) is 0.471. The molecule has 0 fully saturated rings. The SMILES string of the molecule is COc1cccc(Cn2c(C(=O)NCC3CC(c4ccncc4)=NO3)cc3ccccc32)c1. The molecule has 7 heteroatoms. The fourth-order valence-electron chi connectivity index (χ4n) is 4.07. The summed E-state index contributed by atoms with van der Waals surface area (Å²) in [7, 11) is 1.65. The lowest BCUT2D eigenvalue weighted by molar-refractivity contribution is 0.0749. The predicted octanol–water partition coefficient (Wildman–Crippen LogP) is 4.02. The molecule has 2 aromatic heterocycles. The van der Waals surface area contributed by atoms with Crippen molar-refractivity contribution < 1.29 is 14.4 Å². The fraction of sp³-hybridized carbons (Fsp3) is 0.192. The topological polar surface area (TPSA) is 77.7 Å². The molecule has 166 valence electrons. The summed E-state index contributed by atoms with van der Waals surface area (Å²) in [6, 6.07) is 21.6. The highest BCUT2D eigenvalue weighted by molar-refractivity contribution is 6.01. The predicted molar refractivity (Wildman–Crippen MR) is 127 cm³/mol. The van der Waals surface area contributed by atoms with Gasteiger partial charge < -0.3 is 19.5 Å². The summed E-state index contributed by atoms with van der Waals surface area (Å²) in [5.41, 5.74) is 4.51. The molecule has 33 heavy (non-hydrogen) atoms. The van der Waals surface area contributed by atoms with Crippen LogP contribution in [-0.4, -0.2) is 40.9 Å². The van der Waals surface area contributed by atoms with E-state index in [2.05, 4.69) is 15.5 Å². The third-order valence-corrected chi connectivity index (χ3v) is 5.75. The van der Waals surface area contributed by atoms with Crippen molar-refractivity contribution in [1.82, 2.24) is 14.9 Å². The lowest BCUT2D eigenvalue weighted by Crippen LogP contribution is -2.33. The Morgan fingerprint density at radius 2 is 1.97 bits per heavy atom. The maximum absolute atomic E-state index is 13.2. The molecule has 1 aliphatic heterocycles. The van der Waals surface area contributed by atoms with Crippen molar-refractivity contribution in [3.63, 3.8) is 0 Å². The monoisotopic (exact) mass is 440 g/mol. The van der Waals surface area contributed by atoms with Crippen molar-refractivity contribution in [3.05, 3.63) is 95.9 Å². The Kier molecular flexibility index (Phi) is 5.76. The molecule has 1 amide bonds. The standard InChI is InChI=1S/C26H24N4O3/c1-32-21-7-4-5-18(13-21)17-30-24-8-3-2-6-20(24)14-25(30)26(31)28-16-22-15-23(29-33-22)19-9-11-27-12-10-19/h2-14,22H,15-17H2,1H3,(H,28,31). The van der Waals surface area contributed by atoms with Gasteiger partial charge in [0.15, 0.2) is 0 Å². The van der Waals surface area contributed by atoms with Gasteiger partial charge in [0, 0.05) is 41.8 Å². The number of nitrogens with one attached hydrogen (secondary N) is 1. The smallest absolute Gasteiger partial charge is 0.268 e. The number of carbonyl (C=O) groups is 1. The maximum atomic E-state index is 13.2. The van der Waals surface area contributed by atoms with Crippen LogP contribution in [0.15, 0.2) is 84.3 Å². The van der Waals surface area contributed by atoms with Crippen molar-refractivity contribution >= 4 is 22.5 Å². The van der Waals surface area contributed by atoms with Gasteiger partial charge in [-0.25, -0.2) is 0 Å². The number of oxime groups is 1. The van der Waals surface area contributed by atoms with Crippen LogP contribution in [-0.2, 0) is 11.4 Å². The first-order chi connectivity index (χ1) is 16.2. The van der Waals surface area contributed by atoms with E-state index in [0.29, 0.717) is 25.2 Å². The van der Waals surface area contributed by atoms with Crippen molar-refractivity contribution in [1.29, 1.82) is 0 Å². The van der Waals surface area contributed by atoms with E-state index < -0.39 is 0 Å². The molecule has 0 bridgehead atoms. The zero-order chi connectivity index (χ0) is 22.6. The Bertz CT molecular complexity index is 1310. The first kappa shape index (κ1) is 20.8. The molecule has 1 atom stereocenters. The van der Waals surface area contributed by atoms with Crippen LogP contribution in [0.1, 0.15) is 28.0 Å². The molecular formula is C26H24N4O3. The average molecular weight is 441 g/mol. The number of hydrogen-bond donors (Lipinski definition) is 1. The summed E-state index contributed by atoms with van der Waals surface area (Å²) < 4.78 is 7.39. The number of nitrogens with zero attached hydrogens (tertiary/aromatic N) is 3. The van der Waals surface area contributed by atoms with Crippen LogP contribution in [0.4, 0.5) is 0 Å². The first-order valence-corrected chi connectivity index (χ1v) is 10.8. The summed E-state index contributed by atoms with van der Waals surface area (Å²) in [5, 5.41) is 8.23. The molecule has 2 aromatic carbocycles. The van der Waals surface area contributed by atoms with E-state index in [-0.39, 0.29) is 12.0 Å². The van der Waals surface area contributed by atoms with Crippen LogP contribution in [0.25, 0.3) is 10.9 Å². The van der Waals surface area contributed by atoms with Crippen LogP contribution >= 0.6 is 0 Å². The molecule has 1 unspecified atom stereocenters. The van der Waals surface area contributed by atoms with Crippen LogP contribution in [0.3, 0.4) is 0 Å². The van der Waals surface area contributed by atoms with Gasteiger partial charge in [-0.15, -0.1) is 0 Å². The summed E-state index contributed by atoms with van der Waals surface area (Å²) in [4.78, 5) is 22.8. The van der Waals surface area contributed by atoms with Gasteiger partial charge in [0.1, 0.15) is 17.5 Å².